The number of amides is 2. The molecule has 2 amide bonds. The number of carbonyl (C=O) groups is 2. The first kappa shape index (κ1) is 20.4. The number of rotatable bonds is 5. The zero-order valence-corrected chi connectivity index (χ0v) is 17.0. The van der Waals surface area contributed by atoms with Gasteiger partial charge in [0.05, 0.1) is 11.5 Å². The highest BCUT2D eigenvalue weighted by Gasteiger charge is 2.44. The first-order valence-corrected chi connectivity index (χ1v) is 10.7. The second-order valence-electron chi connectivity index (χ2n) is 7.49. The summed E-state index contributed by atoms with van der Waals surface area (Å²) in [7, 11) is -1.51. The Labute approximate surface area is 156 Å². The van der Waals surface area contributed by atoms with Gasteiger partial charge in [0.15, 0.2) is 9.84 Å². The average Bonchev–Trinajstić information content (AvgIpc) is 2.94. The van der Waals surface area contributed by atoms with E-state index >= 15 is 0 Å². The van der Waals surface area contributed by atoms with Crippen LogP contribution in [0.2, 0.25) is 0 Å². The molecule has 0 aliphatic carbocycles. The molecular weight excluding hydrogens is 352 g/mol. The Balaban J connectivity index is 2.23. The fraction of sp³-hybridized carbons (Fsp3) is 0.579. The third kappa shape index (κ3) is 4.09. The van der Waals surface area contributed by atoms with E-state index in [1.54, 1.807) is 25.8 Å². The maximum absolute atomic E-state index is 13.2. The topological polar surface area (TPSA) is 74.8 Å². The number of hydrogen-bond donors (Lipinski definition) is 0. The molecule has 2 rings (SSSR count). The maximum atomic E-state index is 13.2. The smallest absolute Gasteiger partial charge is 0.242 e. The summed E-state index contributed by atoms with van der Waals surface area (Å²) in [6.07, 6.45) is 0.421. The van der Waals surface area contributed by atoms with Crippen LogP contribution in [0.1, 0.15) is 32.8 Å². The molecule has 1 fully saturated rings. The minimum Gasteiger partial charge on any atom is -0.341 e. The molecule has 0 spiro atoms. The lowest BCUT2D eigenvalue weighted by Crippen LogP contribution is -2.52. The Kier molecular flexibility index (Phi) is 5.80. The molecule has 1 aromatic carbocycles. The largest absolute Gasteiger partial charge is 0.341 e. The van der Waals surface area contributed by atoms with Crippen LogP contribution in [0.3, 0.4) is 0 Å². The molecule has 1 aromatic rings. The fourth-order valence-electron chi connectivity index (χ4n) is 3.36. The molecule has 0 saturated carbocycles. The fourth-order valence-corrected chi connectivity index (χ4v) is 5.13. The molecule has 26 heavy (non-hydrogen) atoms. The molecule has 1 unspecified atom stereocenters. The highest BCUT2D eigenvalue weighted by molar-refractivity contribution is 7.91. The number of benzene rings is 1. The Hall–Kier alpha value is -1.89. The predicted octanol–water partition coefficient (Wildman–Crippen LogP) is 2.02. The molecule has 1 atom stereocenters. The van der Waals surface area contributed by atoms with Crippen LogP contribution in [0.25, 0.3) is 0 Å². The van der Waals surface area contributed by atoms with Crippen LogP contribution in [-0.2, 0) is 19.4 Å². The van der Waals surface area contributed by atoms with Crippen molar-refractivity contribution in [3.63, 3.8) is 0 Å². The number of hydrogen-bond acceptors (Lipinski definition) is 4. The molecule has 0 aromatic heterocycles. The summed E-state index contributed by atoms with van der Waals surface area (Å²) >= 11 is 0. The zero-order valence-electron chi connectivity index (χ0n) is 16.2. The van der Waals surface area contributed by atoms with E-state index in [0.717, 1.165) is 11.3 Å². The van der Waals surface area contributed by atoms with Crippen molar-refractivity contribution in [3.8, 4) is 0 Å². The normalized spacial score (nSPS) is 19.2. The Morgan fingerprint density at radius 3 is 2.38 bits per heavy atom. The molecule has 144 valence electrons. The molecule has 1 heterocycles. The Bertz CT molecular complexity index is 802. The van der Waals surface area contributed by atoms with Crippen LogP contribution in [0.5, 0.6) is 0 Å². The van der Waals surface area contributed by atoms with Crippen molar-refractivity contribution in [2.75, 3.05) is 30.0 Å². The lowest BCUT2D eigenvalue weighted by Gasteiger charge is -2.35. The highest BCUT2D eigenvalue weighted by atomic mass is 32.2. The zero-order chi connectivity index (χ0) is 19.7. The van der Waals surface area contributed by atoms with Crippen LogP contribution in [0.4, 0.5) is 5.69 Å². The second-order valence-corrected chi connectivity index (χ2v) is 9.72. The third-order valence-electron chi connectivity index (χ3n) is 5.02. The summed E-state index contributed by atoms with van der Waals surface area (Å²) in [4.78, 5) is 29.2. The number of nitrogens with zero attached hydrogens (tertiary/aromatic N) is 2. The van der Waals surface area contributed by atoms with Gasteiger partial charge in [0.25, 0.3) is 0 Å². The average molecular weight is 381 g/mol. The predicted molar refractivity (Wildman–Crippen MR) is 103 cm³/mol. The van der Waals surface area contributed by atoms with Gasteiger partial charge in [0, 0.05) is 25.3 Å². The van der Waals surface area contributed by atoms with E-state index in [2.05, 4.69) is 0 Å². The number of sulfone groups is 1. The van der Waals surface area contributed by atoms with Gasteiger partial charge in [-0.1, -0.05) is 12.1 Å². The van der Waals surface area contributed by atoms with Crippen molar-refractivity contribution >= 4 is 27.3 Å². The van der Waals surface area contributed by atoms with E-state index in [4.69, 9.17) is 0 Å². The van der Waals surface area contributed by atoms with Crippen LogP contribution in [0.15, 0.2) is 24.3 Å². The van der Waals surface area contributed by atoms with E-state index in [-0.39, 0.29) is 29.4 Å². The van der Waals surface area contributed by atoms with E-state index in [9.17, 15) is 18.0 Å². The van der Waals surface area contributed by atoms with Crippen LogP contribution >= 0.6 is 0 Å². The Morgan fingerprint density at radius 2 is 1.88 bits per heavy atom. The lowest BCUT2D eigenvalue weighted by atomic mass is 9.88. The summed E-state index contributed by atoms with van der Waals surface area (Å²) in [5.74, 6) is -0.581. The van der Waals surface area contributed by atoms with E-state index in [1.807, 2.05) is 38.1 Å². The SMILES string of the molecule is CCN(C(=O)C(C)(C)C(=O)N(C)C1CCS(=O)(=O)C1)c1cccc(C)c1. The Morgan fingerprint density at radius 1 is 1.23 bits per heavy atom. The van der Waals surface area contributed by atoms with Crippen molar-refractivity contribution in [2.24, 2.45) is 5.41 Å². The van der Waals surface area contributed by atoms with E-state index in [0.29, 0.717) is 13.0 Å². The summed E-state index contributed by atoms with van der Waals surface area (Å²) in [5.41, 5.74) is 0.511. The van der Waals surface area contributed by atoms with Gasteiger partial charge < -0.3 is 9.80 Å². The second kappa shape index (κ2) is 7.39. The quantitative estimate of drug-likeness (QED) is 0.733. The van der Waals surface area contributed by atoms with Gasteiger partial charge in [-0.2, -0.15) is 0 Å². The van der Waals surface area contributed by atoms with E-state index in [1.165, 1.54) is 4.90 Å². The molecule has 7 heteroatoms. The molecule has 1 aliphatic rings. The molecule has 1 saturated heterocycles. The first-order chi connectivity index (χ1) is 12.0. The monoisotopic (exact) mass is 380 g/mol. The van der Waals surface area contributed by atoms with Gasteiger partial charge in [0.2, 0.25) is 11.8 Å². The molecular formula is C19H28N2O4S. The molecule has 0 radical (unpaired) electrons. The van der Waals surface area contributed by atoms with Crippen LogP contribution in [-0.4, -0.2) is 56.3 Å². The van der Waals surface area contributed by atoms with Gasteiger partial charge in [0.1, 0.15) is 5.41 Å². The molecule has 0 N–H and O–H groups in total. The highest BCUT2D eigenvalue weighted by Crippen LogP contribution is 2.28. The van der Waals surface area contributed by atoms with Gasteiger partial charge in [-0.25, -0.2) is 8.42 Å². The molecule has 6 nitrogen and oxygen atoms in total. The summed E-state index contributed by atoms with van der Waals surface area (Å²) < 4.78 is 23.4. The van der Waals surface area contributed by atoms with Gasteiger partial charge in [-0.3, -0.25) is 9.59 Å². The minimum atomic E-state index is -3.10. The van der Waals surface area contributed by atoms with Crippen molar-refractivity contribution in [3.05, 3.63) is 29.8 Å². The van der Waals surface area contributed by atoms with Crippen molar-refractivity contribution in [1.29, 1.82) is 0 Å². The lowest BCUT2D eigenvalue weighted by molar-refractivity contribution is -0.147. The minimum absolute atomic E-state index is 0.0329. The first-order valence-electron chi connectivity index (χ1n) is 8.86. The van der Waals surface area contributed by atoms with Crippen LogP contribution < -0.4 is 4.90 Å². The standard InChI is InChI=1S/C19H28N2O4S/c1-6-21(15-9-7-8-14(2)12-15)18(23)19(3,4)17(22)20(5)16-10-11-26(24,25)13-16/h7-9,12,16H,6,10-11,13H2,1-5H3. The number of carbonyl (C=O) groups excluding carboxylic acids is 2. The van der Waals surface area contributed by atoms with Crippen molar-refractivity contribution < 1.29 is 18.0 Å². The summed E-state index contributed by atoms with van der Waals surface area (Å²) in [6.45, 7) is 7.48. The molecule has 0 bridgehead atoms. The van der Waals surface area contributed by atoms with Crippen molar-refractivity contribution in [2.45, 2.75) is 40.2 Å². The number of aryl methyl sites for hydroxylation is 1. The van der Waals surface area contributed by atoms with Gasteiger partial charge in [-0.05, 0) is 51.8 Å². The maximum Gasteiger partial charge on any atom is 0.242 e. The van der Waals surface area contributed by atoms with Gasteiger partial charge >= 0.3 is 0 Å². The van der Waals surface area contributed by atoms with Crippen LogP contribution in [0, 0.1) is 12.3 Å². The summed E-state index contributed by atoms with van der Waals surface area (Å²) in [6, 6.07) is 7.23. The number of anilines is 1. The third-order valence-corrected chi connectivity index (χ3v) is 6.77. The summed E-state index contributed by atoms with van der Waals surface area (Å²) in [5, 5.41) is 0. The van der Waals surface area contributed by atoms with Crippen molar-refractivity contribution in [1.82, 2.24) is 4.90 Å². The van der Waals surface area contributed by atoms with Gasteiger partial charge in [-0.15, -0.1) is 0 Å². The molecule has 1 aliphatic heterocycles. The van der Waals surface area contributed by atoms with E-state index < -0.39 is 15.3 Å².